The fourth-order valence-electron chi connectivity index (χ4n) is 8.93. The van der Waals surface area contributed by atoms with Gasteiger partial charge in [-0.1, -0.05) is 32.9 Å². The Morgan fingerprint density at radius 1 is 0.931 bits per heavy atom. The van der Waals surface area contributed by atoms with Crippen molar-refractivity contribution in [3.63, 3.8) is 0 Å². The highest BCUT2D eigenvalue weighted by atomic mass is 16.2. The molecule has 3 aliphatic heterocycles. The van der Waals surface area contributed by atoms with Gasteiger partial charge in [-0.3, -0.25) is 43.9 Å². The molecule has 0 saturated carbocycles. The number of rotatable bonds is 11. The summed E-state index contributed by atoms with van der Waals surface area (Å²) in [6.45, 7) is 10.6. The number of unbranched alkanes of at least 4 members (excludes halogenated alkanes) is 1. The monoisotopic (exact) mass is 782 g/mol. The minimum atomic E-state index is -1.02. The van der Waals surface area contributed by atoms with E-state index in [1.54, 1.807) is 30.3 Å². The molecule has 4 aromatic rings. The van der Waals surface area contributed by atoms with Gasteiger partial charge in [0.2, 0.25) is 17.7 Å². The van der Waals surface area contributed by atoms with E-state index in [0.717, 1.165) is 76.5 Å². The Kier molecular flexibility index (Phi) is 10.1. The summed E-state index contributed by atoms with van der Waals surface area (Å²) < 4.78 is 0. The molecule has 4 aliphatic rings. The van der Waals surface area contributed by atoms with Crippen LogP contribution in [0.25, 0.3) is 10.9 Å². The number of piperidine rings is 1. The third-order valence-electron chi connectivity index (χ3n) is 12.1. The van der Waals surface area contributed by atoms with Gasteiger partial charge in [0, 0.05) is 84.6 Å². The summed E-state index contributed by atoms with van der Waals surface area (Å²) in [5, 5.41) is 18.8. The normalized spacial score (nSPS) is 18.8. The molecule has 14 heteroatoms. The number of piperazine rings is 1. The standard InChI is InChI=1S/C44H46N8O6/c1-4-26-21-29-30(44(2,3)40-38(39(29)55)27-11-10-25(23-45)20-32(27)48-40)22-34(26)51-18-16-50(17-19-51)24-36(54)47-15-6-5-14-46-31-9-7-8-28-37(31)43(58)52(42(28)57)33-12-13-35(53)49-41(33)56/h7-11,20-22,33,46,48H,4-6,12-19,24H2,1-3H3,(H,47,54)(H,49,53,56). The van der Waals surface area contributed by atoms with Crippen LogP contribution in [0.2, 0.25) is 0 Å². The van der Waals surface area contributed by atoms with Crippen molar-refractivity contribution in [1.29, 1.82) is 5.26 Å². The first-order valence-corrected chi connectivity index (χ1v) is 20.0. The molecule has 3 aromatic carbocycles. The summed E-state index contributed by atoms with van der Waals surface area (Å²) in [4.78, 5) is 86.4. The van der Waals surface area contributed by atoms with Gasteiger partial charge in [-0.2, -0.15) is 5.26 Å². The van der Waals surface area contributed by atoms with E-state index in [-0.39, 0.29) is 35.7 Å². The first-order chi connectivity index (χ1) is 27.9. The Morgan fingerprint density at radius 2 is 1.71 bits per heavy atom. The van der Waals surface area contributed by atoms with Crippen molar-refractivity contribution in [1.82, 2.24) is 25.4 Å². The maximum atomic E-state index is 14.1. The summed E-state index contributed by atoms with van der Waals surface area (Å²) in [6, 6.07) is 15.8. The number of aromatic nitrogens is 1. The van der Waals surface area contributed by atoms with Gasteiger partial charge in [-0.05, 0) is 73.2 Å². The van der Waals surface area contributed by atoms with Crippen LogP contribution >= 0.6 is 0 Å². The number of hydrogen-bond acceptors (Lipinski definition) is 10. The summed E-state index contributed by atoms with van der Waals surface area (Å²) in [5.74, 6) is -2.20. The second-order valence-corrected chi connectivity index (χ2v) is 16.0. The number of fused-ring (bicyclic) bond motifs is 5. The first-order valence-electron chi connectivity index (χ1n) is 20.0. The van der Waals surface area contributed by atoms with Crippen molar-refractivity contribution in [2.75, 3.05) is 56.0 Å². The minimum Gasteiger partial charge on any atom is -0.384 e. The number of ketones is 1. The Hall–Kier alpha value is -6.33. The Morgan fingerprint density at radius 3 is 2.45 bits per heavy atom. The molecule has 4 heterocycles. The molecular formula is C44H46N8O6. The molecule has 298 valence electrons. The lowest BCUT2D eigenvalue weighted by Crippen LogP contribution is -2.54. The second-order valence-electron chi connectivity index (χ2n) is 16.0. The van der Waals surface area contributed by atoms with Crippen molar-refractivity contribution in [3.8, 4) is 6.07 Å². The third kappa shape index (κ3) is 6.68. The molecule has 0 bridgehead atoms. The summed E-state index contributed by atoms with van der Waals surface area (Å²) in [5.41, 5.74) is 7.31. The highest BCUT2D eigenvalue weighted by Gasteiger charge is 2.46. The Labute approximate surface area is 335 Å². The summed E-state index contributed by atoms with van der Waals surface area (Å²) in [7, 11) is 0. The number of amides is 5. The van der Waals surface area contributed by atoms with Gasteiger partial charge >= 0.3 is 0 Å². The van der Waals surface area contributed by atoms with E-state index in [4.69, 9.17) is 0 Å². The largest absolute Gasteiger partial charge is 0.384 e. The zero-order valence-corrected chi connectivity index (χ0v) is 32.9. The van der Waals surface area contributed by atoms with Crippen molar-refractivity contribution >= 4 is 57.6 Å². The molecule has 14 nitrogen and oxygen atoms in total. The number of nitriles is 1. The number of nitrogens with one attached hydrogen (secondary N) is 4. The quantitative estimate of drug-likeness (QED) is 0.128. The SMILES string of the molecule is CCc1cc2c(cc1N1CCN(CC(=O)NCCCCNc3cccc4c3C(=O)N(C3CCC(=O)NC3=O)C4=O)CC1)C(C)(C)c1[nH]c3cc(C#N)ccc3c1C2=O. The van der Waals surface area contributed by atoms with Gasteiger partial charge < -0.3 is 20.5 Å². The molecule has 1 aliphatic carbocycles. The summed E-state index contributed by atoms with van der Waals surface area (Å²) in [6.07, 6.45) is 2.34. The van der Waals surface area contributed by atoms with Gasteiger partial charge in [-0.15, -0.1) is 0 Å². The van der Waals surface area contributed by atoms with Crippen LogP contribution in [0.4, 0.5) is 11.4 Å². The van der Waals surface area contributed by atoms with E-state index in [2.05, 4.69) is 69.7 Å². The van der Waals surface area contributed by atoms with Gasteiger partial charge in [0.25, 0.3) is 11.8 Å². The summed E-state index contributed by atoms with van der Waals surface area (Å²) >= 11 is 0. The maximum absolute atomic E-state index is 14.1. The zero-order valence-electron chi connectivity index (χ0n) is 32.9. The lowest BCUT2D eigenvalue weighted by molar-refractivity contribution is -0.136. The van der Waals surface area contributed by atoms with Crippen LogP contribution in [0.3, 0.4) is 0 Å². The molecule has 1 atom stereocenters. The average Bonchev–Trinajstić information content (AvgIpc) is 3.73. The molecule has 0 spiro atoms. The molecular weight excluding hydrogens is 737 g/mol. The minimum absolute atomic E-state index is 0.00209. The molecule has 5 amide bonds. The number of hydrogen-bond donors (Lipinski definition) is 4. The van der Waals surface area contributed by atoms with Crippen LogP contribution < -0.4 is 20.9 Å². The number of aromatic amines is 1. The van der Waals surface area contributed by atoms with Crippen molar-refractivity contribution in [3.05, 3.63) is 93.2 Å². The van der Waals surface area contributed by atoms with Crippen LogP contribution in [-0.2, 0) is 26.2 Å². The highest BCUT2D eigenvalue weighted by molar-refractivity contribution is 6.25. The average molecular weight is 783 g/mol. The van der Waals surface area contributed by atoms with Crippen molar-refractivity contribution < 1.29 is 28.8 Å². The third-order valence-corrected chi connectivity index (χ3v) is 12.1. The number of nitrogens with zero attached hydrogens (tertiary/aromatic N) is 4. The molecule has 0 radical (unpaired) electrons. The predicted molar refractivity (Wildman–Crippen MR) is 217 cm³/mol. The number of H-pyrrole nitrogens is 1. The van der Waals surface area contributed by atoms with Gasteiger partial charge in [0.05, 0.1) is 34.9 Å². The number of aryl methyl sites for hydroxylation is 1. The van der Waals surface area contributed by atoms with Crippen LogP contribution in [0.15, 0.2) is 48.5 Å². The number of imide groups is 2. The highest BCUT2D eigenvalue weighted by Crippen LogP contribution is 2.46. The topological polar surface area (TPSA) is 188 Å². The van der Waals surface area contributed by atoms with E-state index in [1.807, 2.05) is 6.07 Å². The number of benzene rings is 3. The molecule has 58 heavy (non-hydrogen) atoms. The lowest BCUT2D eigenvalue weighted by Gasteiger charge is -2.39. The van der Waals surface area contributed by atoms with E-state index in [1.165, 1.54) is 0 Å². The first kappa shape index (κ1) is 38.5. The molecule has 2 saturated heterocycles. The van der Waals surface area contributed by atoms with Gasteiger partial charge in [-0.25, -0.2) is 0 Å². The molecule has 1 aromatic heterocycles. The lowest BCUT2D eigenvalue weighted by atomic mass is 9.70. The Bertz CT molecular complexity index is 2450. The molecule has 8 rings (SSSR count). The van der Waals surface area contributed by atoms with Crippen LogP contribution in [0.5, 0.6) is 0 Å². The zero-order chi connectivity index (χ0) is 40.9. The van der Waals surface area contributed by atoms with Crippen molar-refractivity contribution in [2.45, 2.75) is 64.3 Å². The molecule has 2 fully saturated rings. The van der Waals surface area contributed by atoms with E-state index < -0.39 is 35.1 Å². The second kappa shape index (κ2) is 15.2. The van der Waals surface area contributed by atoms with Crippen LogP contribution in [0.1, 0.15) is 105 Å². The number of carbonyl (C=O) groups is 6. The van der Waals surface area contributed by atoms with Crippen LogP contribution in [-0.4, -0.2) is 102 Å². The number of carbonyl (C=O) groups excluding carboxylic acids is 6. The molecule has 1 unspecified atom stereocenters. The van der Waals surface area contributed by atoms with Crippen molar-refractivity contribution in [2.24, 2.45) is 0 Å². The fourth-order valence-corrected chi connectivity index (χ4v) is 8.93. The van der Waals surface area contributed by atoms with E-state index in [9.17, 15) is 34.0 Å². The van der Waals surface area contributed by atoms with E-state index in [0.29, 0.717) is 49.3 Å². The number of anilines is 2. The predicted octanol–water partition coefficient (Wildman–Crippen LogP) is 4.00. The maximum Gasteiger partial charge on any atom is 0.264 e. The van der Waals surface area contributed by atoms with Gasteiger partial charge in [0.15, 0.2) is 5.78 Å². The fraction of sp³-hybridized carbons (Fsp3) is 0.386. The smallest absolute Gasteiger partial charge is 0.264 e. The van der Waals surface area contributed by atoms with Crippen LogP contribution in [0, 0.1) is 11.3 Å². The van der Waals surface area contributed by atoms with Gasteiger partial charge in [0.1, 0.15) is 6.04 Å². The molecule has 4 N–H and O–H groups in total. The van der Waals surface area contributed by atoms with E-state index >= 15 is 0 Å². The Balaban J connectivity index is 0.819.